The molecule has 0 saturated heterocycles. The Hall–Kier alpha value is -2.17. The number of aliphatic hydroxyl groups is 1. The zero-order valence-electron chi connectivity index (χ0n) is 11.8. The number of fused-ring (bicyclic) bond motifs is 1. The minimum absolute atomic E-state index is 0.0304. The van der Waals surface area contributed by atoms with E-state index in [-0.39, 0.29) is 12.6 Å². The van der Waals surface area contributed by atoms with Gasteiger partial charge in [-0.05, 0) is 29.7 Å². The summed E-state index contributed by atoms with van der Waals surface area (Å²) < 4.78 is 0. The molecule has 21 heavy (non-hydrogen) atoms. The van der Waals surface area contributed by atoms with E-state index in [1.165, 1.54) is 10.9 Å². The fourth-order valence-corrected chi connectivity index (χ4v) is 2.54. The predicted octanol–water partition coefficient (Wildman–Crippen LogP) is 2.26. The smallest absolute Gasteiger partial charge is 0.0588 e. The van der Waals surface area contributed by atoms with Crippen LogP contribution in [0.3, 0.4) is 0 Å². The fourth-order valence-electron chi connectivity index (χ4n) is 2.54. The summed E-state index contributed by atoms with van der Waals surface area (Å²) in [4.78, 5) is 7.38. The summed E-state index contributed by atoms with van der Waals surface area (Å²) in [6, 6.07) is 12.2. The number of pyridine rings is 1. The summed E-state index contributed by atoms with van der Waals surface area (Å²) in [5.41, 5.74) is 3.49. The number of aromatic amines is 1. The molecule has 3 N–H and O–H groups in total. The van der Waals surface area contributed by atoms with Gasteiger partial charge in [-0.2, -0.15) is 0 Å². The van der Waals surface area contributed by atoms with Gasteiger partial charge in [0, 0.05) is 42.1 Å². The van der Waals surface area contributed by atoms with Crippen molar-refractivity contribution in [2.75, 3.05) is 6.61 Å². The number of nitrogens with one attached hydrogen (secondary N) is 2. The van der Waals surface area contributed by atoms with Crippen molar-refractivity contribution in [1.82, 2.24) is 15.3 Å². The maximum atomic E-state index is 9.54. The van der Waals surface area contributed by atoms with Crippen LogP contribution >= 0.6 is 0 Å². The van der Waals surface area contributed by atoms with Crippen LogP contribution < -0.4 is 5.32 Å². The third kappa shape index (κ3) is 3.29. The number of nitrogens with zero attached hydrogens (tertiary/aromatic N) is 1. The van der Waals surface area contributed by atoms with E-state index in [0.29, 0.717) is 0 Å². The third-order valence-corrected chi connectivity index (χ3v) is 3.68. The highest BCUT2D eigenvalue weighted by Gasteiger charge is 2.10. The second kappa shape index (κ2) is 6.52. The number of benzene rings is 1. The Balaban J connectivity index is 1.65. The Morgan fingerprint density at radius 2 is 2.10 bits per heavy atom. The van der Waals surface area contributed by atoms with Crippen molar-refractivity contribution in [3.63, 3.8) is 0 Å². The number of para-hydroxylation sites is 1. The van der Waals surface area contributed by atoms with Crippen LogP contribution in [0.1, 0.15) is 11.1 Å². The molecule has 1 aromatic carbocycles. The number of hydrogen-bond acceptors (Lipinski definition) is 3. The van der Waals surface area contributed by atoms with Gasteiger partial charge in [0.1, 0.15) is 0 Å². The van der Waals surface area contributed by atoms with E-state index in [4.69, 9.17) is 0 Å². The van der Waals surface area contributed by atoms with Gasteiger partial charge in [-0.1, -0.05) is 24.3 Å². The van der Waals surface area contributed by atoms with Gasteiger partial charge in [0.2, 0.25) is 0 Å². The Bertz CT molecular complexity index is 693. The van der Waals surface area contributed by atoms with E-state index in [1.807, 2.05) is 36.7 Å². The average molecular weight is 281 g/mol. The summed E-state index contributed by atoms with van der Waals surface area (Å²) in [5, 5.41) is 14.2. The zero-order valence-corrected chi connectivity index (χ0v) is 11.8. The molecule has 3 aromatic rings. The molecular formula is C17H19N3O. The van der Waals surface area contributed by atoms with Crippen molar-refractivity contribution < 1.29 is 5.11 Å². The lowest BCUT2D eigenvalue weighted by Gasteiger charge is -2.16. The van der Waals surface area contributed by atoms with Gasteiger partial charge in [-0.25, -0.2) is 0 Å². The number of aromatic nitrogens is 2. The normalized spacial score (nSPS) is 12.6. The molecule has 0 radical (unpaired) electrons. The molecule has 2 aromatic heterocycles. The summed E-state index contributed by atoms with van der Waals surface area (Å²) in [5.74, 6) is 0. The second-order valence-corrected chi connectivity index (χ2v) is 5.19. The van der Waals surface area contributed by atoms with Crippen LogP contribution in [0.15, 0.2) is 55.0 Å². The van der Waals surface area contributed by atoms with E-state index >= 15 is 0 Å². The number of rotatable bonds is 6. The summed E-state index contributed by atoms with van der Waals surface area (Å²) in [6.45, 7) is 0.840. The van der Waals surface area contributed by atoms with Crippen LogP contribution in [-0.4, -0.2) is 27.7 Å². The van der Waals surface area contributed by atoms with E-state index in [9.17, 15) is 5.11 Å². The van der Waals surface area contributed by atoms with Gasteiger partial charge < -0.3 is 15.4 Å². The first-order valence-corrected chi connectivity index (χ1v) is 7.15. The van der Waals surface area contributed by atoms with E-state index < -0.39 is 0 Å². The molecule has 0 amide bonds. The average Bonchev–Trinajstić information content (AvgIpc) is 2.96. The maximum Gasteiger partial charge on any atom is 0.0588 e. The van der Waals surface area contributed by atoms with Crippen LogP contribution in [0.2, 0.25) is 0 Å². The summed E-state index contributed by atoms with van der Waals surface area (Å²) in [6.07, 6.45) is 6.40. The van der Waals surface area contributed by atoms with Crippen molar-refractivity contribution >= 4 is 10.9 Å². The van der Waals surface area contributed by atoms with Crippen molar-refractivity contribution in [3.05, 3.63) is 66.1 Å². The van der Waals surface area contributed by atoms with Crippen LogP contribution in [0, 0.1) is 0 Å². The Labute approximate surface area is 123 Å². The SMILES string of the molecule is OC[C@H](Cc1cccnc1)NCc1c[nH]c2ccccc12. The summed E-state index contributed by atoms with van der Waals surface area (Å²) in [7, 11) is 0. The fraction of sp³-hybridized carbons (Fsp3) is 0.235. The molecule has 0 bridgehead atoms. The quantitative estimate of drug-likeness (QED) is 0.649. The molecule has 3 rings (SSSR count). The lowest BCUT2D eigenvalue weighted by Crippen LogP contribution is -2.34. The van der Waals surface area contributed by atoms with Crippen molar-refractivity contribution in [2.45, 2.75) is 19.0 Å². The van der Waals surface area contributed by atoms with Crippen LogP contribution in [-0.2, 0) is 13.0 Å². The van der Waals surface area contributed by atoms with E-state index in [1.54, 1.807) is 6.20 Å². The molecule has 0 aliphatic rings. The molecule has 0 aliphatic heterocycles. The Morgan fingerprint density at radius 1 is 1.19 bits per heavy atom. The number of hydrogen-bond donors (Lipinski definition) is 3. The lowest BCUT2D eigenvalue weighted by molar-refractivity contribution is 0.241. The van der Waals surface area contributed by atoms with Crippen molar-refractivity contribution in [2.24, 2.45) is 0 Å². The highest BCUT2D eigenvalue weighted by Crippen LogP contribution is 2.17. The molecule has 1 atom stereocenters. The topological polar surface area (TPSA) is 60.9 Å². The molecule has 4 nitrogen and oxygen atoms in total. The van der Waals surface area contributed by atoms with E-state index in [2.05, 4.69) is 27.4 Å². The summed E-state index contributed by atoms with van der Waals surface area (Å²) >= 11 is 0. The minimum atomic E-state index is 0.0304. The number of H-pyrrole nitrogens is 1. The van der Waals surface area contributed by atoms with Crippen molar-refractivity contribution in [1.29, 1.82) is 0 Å². The maximum absolute atomic E-state index is 9.54. The highest BCUT2D eigenvalue weighted by molar-refractivity contribution is 5.82. The van der Waals surface area contributed by atoms with Crippen molar-refractivity contribution in [3.8, 4) is 0 Å². The third-order valence-electron chi connectivity index (χ3n) is 3.68. The van der Waals surface area contributed by atoms with Crippen LogP contribution in [0.25, 0.3) is 10.9 Å². The van der Waals surface area contributed by atoms with Gasteiger partial charge in [0.05, 0.1) is 6.61 Å². The molecule has 0 aliphatic carbocycles. The first-order valence-electron chi connectivity index (χ1n) is 7.15. The number of aliphatic hydroxyl groups excluding tert-OH is 1. The van der Waals surface area contributed by atoms with E-state index in [0.717, 1.165) is 24.0 Å². The lowest BCUT2D eigenvalue weighted by atomic mass is 10.1. The monoisotopic (exact) mass is 281 g/mol. The van der Waals surface area contributed by atoms with Crippen LogP contribution in [0.4, 0.5) is 0 Å². The largest absolute Gasteiger partial charge is 0.395 e. The van der Waals surface area contributed by atoms with Gasteiger partial charge in [-0.3, -0.25) is 4.98 Å². The molecule has 108 valence electrons. The minimum Gasteiger partial charge on any atom is -0.395 e. The predicted molar refractivity (Wildman–Crippen MR) is 84.0 cm³/mol. The molecule has 4 heteroatoms. The first-order chi connectivity index (χ1) is 10.4. The second-order valence-electron chi connectivity index (χ2n) is 5.19. The van der Waals surface area contributed by atoms with Gasteiger partial charge >= 0.3 is 0 Å². The Kier molecular flexibility index (Phi) is 4.28. The van der Waals surface area contributed by atoms with Gasteiger partial charge in [-0.15, -0.1) is 0 Å². The molecule has 0 spiro atoms. The molecule has 2 heterocycles. The first kappa shape index (κ1) is 13.8. The van der Waals surface area contributed by atoms with Gasteiger partial charge in [0.25, 0.3) is 0 Å². The molecular weight excluding hydrogens is 262 g/mol. The standard InChI is InChI=1S/C17H19N3O/c21-12-15(8-13-4-3-7-18-9-13)19-10-14-11-20-17-6-2-1-5-16(14)17/h1-7,9,11,15,19-21H,8,10,12H2/t15-/m0/s1. The highest BCUT2D eigenvalue weighted by atomic mass is 16.3. The zero-order chi connectivity index (χ0) is 14.5. The molecule has 0 unspecified atom stereocenters. The Morgan fingerprint density at radius 3 is 2.90 bits per heavy atom. The van der Waals surface area contributed by atoms with Gasteiger partial charge in [0.15, 0.2) is 0 Å². The molecule has 0 fully saturated rings. The van der Waals surface area contributed by atoms with Crippen LogP contribution in [0.5, 0.6) is 0 Å². The molecule has 0 saturated carbocycles.